The number of nitrogens with zero attached hydrogens (tertiary/aromatic N) is 2. The van der Waals surface area contributed by atoms with Gasteiger partial charge in [-0.2, -0.15) is 0 Å². The molecule has 3 N–H and O–H groups in total. The summed E-state index contributed by atoms with van der Waals surface area (Å²) in [5.74, 6) is 1.08. The first kappa shape index (κ1) is 26.7. The monoisotopic (exact) mass is 501 g/mol. The van der Waals surface area contributed by atoms with Gasteiger partial charge in [0.1, 0.15) is 17.2 Å². The highest BCUT2D eigenvalue weighted by molar-refractivity contribution is 5.95. The summed E-state index contributed by atoms with van der Waals surface area (Å²) in [5.41, 5.74) is 12.0. The van der Waals surface area contributed by atoms with Crippen LogP contribution in [0.25, 0.3) is 11.3 Å². The van der Waals surface area contributed by atoms with Gasteiger partial charge in [-0.05, 0) is 74.8 Å². The third-order valence-electron chi connectivity index (χ3n) is 7.14. The number of pyridine rings is 1. The van der Waals surface area contributed by atoms with Crippen molar-refractivity contribution in [1.29, 1.82) is 0 Å². The van der Waals surface area contributed by atoms with Crippen LogP contribution in [0.2, 0.25) is 0 Å². The molecule has 1 saturated carbocycles. The quantitative estimate of drug-likeness (QED) is 0.300. The number of hydrogen-bond acceptors (Lipinski definition) is 5. The van der Waals surface area contributed by atoms with E-state index in [-0.39, 0.29) is 11.3 Å². The molecule has 0 spiro atoms. The van der Waals surface area contributed by atoms with Gasteiger partial charge < -0.3 is 15.6 Å². The molecule has 2 aromatic carbocycles. The van der Waals surface area contributed by atoms with E-state index < -0.39 is 5.91 Å². The van der Waals surface area contributed by atoms with Crippen LogP contribution in [0.1, 0.15) is 72.8 Å². The van der Waals surface area contributed by atoms with Crippen LogP contribution in [0.4, 0.5) is 0 Å². The van der Waals surface area contributed by atoms with Crippen molar-refractivity contribution in [2.75, 3.05) is 13.1 Å². The van der Waals surface area contributed by atoms with Crippen LogP contribution in [0.15, 0.2) is 42.5 Å². The van der Waals surface area contributed by atoms with Gasteiger partial charge >= 0.3 is 0 Å². The fraction of sp³-hybridized carbons (Fsp3) is 0.419. The second-order valence-corrected chi connectivity index (χ2v) is 10.1. The van der Waals surface area contributed by atoms with Crippen molar-refractivity contribution in [3.8, 4) is 28.5 Å². The first-order valence-corrected chi connectivity index (χ1v) is 13.5. The molecule has 0 radical (unpaired) electrons. The predicted molar refractivity (Wildman–Crippen MR) is 148 cm³/mol. The lowest BCUT2D eigenvalue weighted by atomic mass is 9.94. The molecule has 1 amide bonds. The molecular weight excluding hydrogens is 462 g/mol. The number of hydrogen-bond donors (Lipinski definition) is 2. The van der Waals surface area contributed by atoms with Crippen molar-refractivity contribution < 1.29 is 14.6 Å². The molecule has 37 heavy (non-hydrogen) atoms. The molecule has 4 rings (SSSR count). The summed E-state index contributed by atoms with van der Waals surface area (Å²) < 4.78 is 6.44. The second-order valence-electron chi connectivity index (χ2n) is 10.1. The number of amides is 1. The minimum absolute atomic E-state index is 0.0715. The van der Waals surface area contributed by atoms with E-state index in [2.05, 4.69) is 50.8 Å². The molecule has 1 aliphatic rings. The number of primary amides is 1. The number of benzene rings is 2. The standard InChI is InChI=1S/C31H39N3O3/c1-5-15-34(18-21-11-12-21)19-26-20(4)33-27(30-22(6-2)9-8-10-23(30)7-3)17-29(26)37-24-13-14-25(31(32)36)28(35)16-24/h8-10,13-14,16-17,21,35H,5-7,11-12,15,18-19H2,1-4H3,(H2,32,36). The molecule has 0 unspecified atom stereocenters. The Labute approximate surface area is 220 Å². The van der Waals surface area contributed by atoms with Crippen LogP contribution in [0.5, 0.6) is 17.2 Å². The Balaban J connectivity index is 1.80. The molecule has 196 valence electrons. The van der Waals surface area contributed by atoms with Crippen molar-refractivity contribution >= 4 is 5.91 Å². The molecule has 1 heterocycles. The zero-order valence-corrected chi connectivity index (χ0v) is 22.5. The van der Waals surface area contributed by atoms with Gasteiger partial charge in [-0.15, -0.1) is 0 Å². The Hall–Kier alpha value is -3.38. The van der Waals surface area contributed by atoms with E-state index in [1.165, 1.54) is 41.7 Å². The van der Waals surface area contributed by atoms with Crippen LogP contribution in [0.3, 0.4) is 0 Å². The van der Waals surface area contributed by atoms with Gasteiger partial charge in [0, 0.05) is 42.0 Å². The van der Waals surface area contributed by atoms with Gasteiger partial charge in [0.25, 0.3) is 5.91 Å². The molecule has 1 aliphatic carbocycles. The first-order valence-electron chi connectivity index (χ1n) is 13.5. The van der Waals surface area contributed by atoms with Crippen LogP contribution in [-0.4, -0.2) is 34.0 Å². The topological polar surface area (TPSA) is 88.7 Å². The number of carbonyl (C=O) groups excluding carboxylic acids is 1. The van der Waals surface area contributed by atoms with Crippen LogP contribution in [0, 0.1) is 12.8 Å². The van der Waals surface area contributed by atoms with Crippen molar-refractivity contribution in [2.24, 2.45) is 11.7 Å². The van der Waals surface area contributed by atoms with Gasteiger partial charge in [0.15, 0.2) is 0 Å². The lowest BCUT2D eigenvalue weighted by Crippen LogP contribution is -2.27. The molecule has 0 saturated heterocycles. The van der Waals surface area contributed by atoms with Gasteiger partial charge in [0.05, 0.1) is 11.3 Å². The van der Waals surface area contributed by atoms with Gasteiger partial charge in [0.2, 0.25) is 0 Å². The Morgan fingerprint density at radius 1 is 1.11 bits per heavy atom. The first-order chi connectivity index (χ1) is 17.8. The zero-order chi connectivity index (χ0) is 26.5. The van der Waals surface area contributed by atoms with E-state index in [0.717, 1.165) is 67.5 Å². The molecular formula is C31H39N3O3. The number of ether oxygens (including phenoxy) is 1. The largest absolute Gasteiger partial charge is 0.507 e. The molecule has 0 atom stereocenters. The van der Waals surface area contributed by atoms with Crippen LogP contribution in [-0.2, 0) is 19.4 Å². The predicted octanol–water partition coefficient (Wildman–Crippen LogP) is 6.40. The number of carbonyl (C=O) groups is 1. The van der Waals surface area contributed by atoms with Crippen molar-refractivity contribution in [3.63, 3.8) is 0 Å². The third-order valence-corrected chi connectivity index (χ3v) is 7.14. The Bertz CT molecular complexity index is 1240. The molecule has 1 aromatic heterocycles. The van der Waals surface area contributed by atoms with E-state index in [4.69, 9.17) is 15.5 Å². The fourth-order valence-corrected chi connectivity index (χ4v) is 5.00. The normalized spacial score (nSPS) is 13.2. The maximum Gasteiger partial charge on any atom is 0.252 e. The van der Waals surface area contributed by atoms with Crippen molar-refractivity contribution in [1.82, 2.24) is 9.88 Å². The lowest BCUT2D eigenvalue weighted by Gasteiger charge is -2.25. The van der Waals surface area contributed by atoms with E-state index in [1.54, 1.807) is 6.07 Å². The van der Waals surface area contributed by atoms with Crippen molar-refractivity contribution in [2.45, 2.75) is 66.3 Å². The fourth-order valence-electron chi connectivity index (χ4n) is 5.00. The summed E-state index contributed by atoms with van der Waals surface area (Å²) in [5, 5.41) is 10.4. The highest BCUT2D eigenvalue weighted by Gasteiger charge is 2.26. The Kier molecular flexibility index (Phi) is 8.49. The summed E-state index contributed by atoms with van der Waals surface area (Å²) in [6.07, 6.45) is 5.52. The van der Waals surface area contributed by atoms with Crippen LogP contribution >= 0.6 is 0 Å². The molecule has 6 heteroatoms. The second kappa shape index (κ2) is 11.8. The Morgan fingerprint density at radius 3 is 2.38 bits per heavy atom. The van der Waals surface area contributed by atoms with Crippen LogP contribution < -0.4 is 10.5 Å². The highest BCUT2D eigenvalue weighted by atomic mass is 16.5. The molecule has 6 nitrogen and oxygen atoms in total. The number of aromatic nitrogens is 1. The summed E-state index contributed by atoms with van der Waals surface area (Å²) in [6, 6.07) is 13.1. The number of aromatic hydroxyl groups is 1. The molecule has 0 bridgehead atoms. The molecule has 1 fully saturated rings. The SMILES string of the molecule is CCCN(Cc1c(Oc2ccc(C(N)=O)c(O)c2)cc(-c2c(CC)cccc2CC)nc1C)CC1CC1. The maximum atomic E-state index is 11.6. The zero-order valence-electron chi connectivity index (χ0n) is 22.5. The summed E-state index contributed by atoms with van der Waals surface area (Å²) in [4.78, 5) is 19.2. The average Bonchev–Trinajstić information content (AvgIpc) is 3.69. The highest BCUT2D eigenvalue weighted by Crippen LogP contribution is 2.37. The van der Waals surface area contributed by atoms with E-state index >= 15 is 0 Å². The van der Waals surface area contributed by atoms with Gasteiger partial charge in [-0.3, -0.25) is 14.7 Å². The van der Waals surface area contributed by atoms with E-state index in [9.17, 15) is 9.90 Å². The lowest BCUT2D eigenvalue weighted by molar-refractivity contribution is 0.0997. The number of nitrogens with two attached hydrogens (primary N) is 1. The van der Waals surface area contributed by atoms with Crippen molar-refractivity contribution in [3.05, 3.63) is 70.4 Å². The average molecular weight is 502 g/mol. The molecule has 0 aliphatic heterocycles. The molecule has 3 aromatic rings. The van der Waals surface area contributed by atoms with Gasteiger partial charge in [-0.1, -0.05) is 39.0 Å². The number of phenols is 1. The minimum atomic E-state index is -0.676. The Morgan fingerprint density at radius 2 is 1.81 bits per heavy atom. The summed E-state index contributed by atoms with van der Waals surface area (Å²) in [6.45, 7) is 11.5. The minimum Gasteiger partial charge on any atom is -0.507 e. The number of rotatable bonds is 12. The van der Waals surface area contributed by atoms with E-state index in [1.807, 2.05) is 6.07 Å². The number of aryl methyl sites for hydroxylation is 3. The smallest absolute Gasteiger partial charge is 0.252 e. The van der Waals surface area contributed by atoms with E-state index in [0.29, 0.717) is 5.75 Å². The summed E-state index contributed by atoms with van der Waals surface area (Å²) >= 11 is 0. The third kappa shape index (κ3) is 6.31. The summed E-state index contributed by atoms with van der Waals surface area (Å²) in [7, 11) is 0. The van der Waals surface area contributed by atoms with Gasteiger partial charge in [-0.25, -0.2) is 0 Å². The maximum absolute atomic E-state index is 11.6.